The van der Waals surface area contributed by atoms with E-state index in [9.17, 15) is 14.9 Å². The Morgan fingerprint density at radius 1 is 1.55 bits per heavy atom. The maximum Gasteiger partial charge on any atom is 0.490 e. The number of rotatable bonds is 5. The van der Waals surface area contributed by atoms with Crippen LogP contribution in [-0.2, 0) is 17.9 Å². The summed E-state index contributed by atoms with van der Waals surface area (Å²) in [7, 11) is 1.62. The Bertz CT molecular complexity index is 632. The normalized spacial score (nSPS) is 10.5. The minimum absolute atomic E-state index is 0.114. The fourth-order valence-corrected chi connectivity index (χ4v) is 1.60. The highest BCUT2D eigenvalue weighted by Gasteiger charge is 2.17. The number of carbonyl (C=O) groups excluding carboxylic acids is 1. The molecule has 0 aliphatic rings. The molecule has 9 nitrogen and oxygen atoms in total. The number of aromatic nitrogens is 3. The number of furan rings is 1. The second kappa shape index (κ2) is 5.51. The zero-order chi connectivity index (χ0) is 14.7. The van der Waals surface area contributed by atoms with Gasteiger partial charge < -0.3 is 19.4 Å². The summed E-state index contributed by atoms with van der Waals surface area (Å²) in [6.07, 6.45) is 1.15. The van der Waals surface area contributed by atoms with Gasteiger partial charge in [-0.05, 0) is 24.0 Å². The van der Waals surface area contributed by atoms with E-state index in [0.29, 0.717) is 12.3 Å². The summed E-state index contributed by atoms with van der Waals surface area (Å²) >= 11 is 0. The largest absolute Gasteiger partial charge is 0.490 e. The first kappa shape index (κ1) is 13.7. The Kier molecular flexibility index (Phi) is 3.78. The van der Waals surface area contributed by atoms with Crippen LogP contribution in [0.5, 0.6) is 0 Å². The van der Waals surface area contributed by atoms with Crippen molar-refractivity contribution in [3.63, 3.8) is 0 Å². The molecule has 0 fully saturated rings. The van der Waals surface area contributed by atoms with E-state index in [0.717, 1.165) is 16.8 Å². The molecule has 0 radical (unpaired) electrons. The van der Waals surface area contributed by atoms with Crippen molar-refractivity contribution in [2.24, 2.45) is 0 Å². The standard InChI is InChI=1S/C11H13N5O4/c1-8-3-4-9(20-8)5-14(2)10(17)6-15-7-12-11(13-15)16(18)19/h3-4,7H,5-6H2,1-2H3. The fourth-order valence-electron chi connectivity index (χ4n) is 1.60. The molecule has 0 aliphatic heterocycles. The van der Waals surface area contributed by atoms with E-state index in [1.807, 2.05) is 13.0 Å². The summed E-state index contributed by atoms with van der Waals surface area (Å²) in [4.78, 5) is 26.6. The molecule has 0 saturated carbocycles. The van der Waals surface area contributed by atoms with E-state index in [2.05, 4.69) is 10.1 Å². The highest BCUT2D eigenvalue weighted by atomic mass is 16.6. The van der Waals surface area contributed by atoms with Gasteiger partial charge in [0.2, 0.25) is 12.2 Å². The summed E-state index contributed by atoms with van der Waals surface area (Å²) in [5.41, 5.74) is 0. The van der Waals surface area contributed by atoms with Crippen LogP contribution in [0.4, 0.5) is 5.95 Å². The van der Waals surface area contributed by atoms with Gasteiger partial charge in [0.05, 0.1) is 6.54 Å². The average molecular weight is 279 g/mol. The molecule has 0 spiro atoms. The Morgan fingerprint density at radius 2 is 2.30 bits per heavy atom. The first-order valence-corrected chi connectivity index (χ1v) is 5.79. The molecule has 9 heteroatoms. The molecule has 0 bridgehead atoms. The van der Waals surface area contributed by atoms with E-state index in [4.69, 9.17) is 4.42 Å². The predicted molar refractivity (Wildman–Crippen MR) is 66.6 cm³/mol. The minimum atomic E-state index is -0.712. The summed E-state index contributed by atoms with van der Waals surface area (Å²) in [6.45, 7) is 2.03. The quantitative estimate of drug-likeness (QED) is 0.590. The number of nitro groups is 1. The van der Waals surface area contributed by atoms with Crippen molar-refractivity contribution in [1.29, 1.82) is 0 Å². The number of carbonyl (C=O) groups is 1. The van der Waals surface area contributed by atoms with Gasteiger partial charge >= 0.3 is 5.95 Å². The number of hydrogen-bond acceptors (Lipinski definition) is 6. The predicted octanol–water partition coefficient (Wildman–Crippen LogP) is 0.746. The molecular formula is C11H13N5O4. The van der Waals surface area contributed by atoms with Crippen molar-refractivity contribution < 1.29 is 14.1 Å². The molecule has 2 rings (SSSR count). The Hall–Kier alpha value is -2.71. The molecule has 1 amide bonds. The lowest BCUT2D eigenvalue weighted by atomic mass is 10.4. The van der Waals surface area contributed by atoms with E-state index in [-0.39, 0.29) is 12.5 Å². The van der Waals surface area contributed by atoms with Crippen LogP contribution in [0.15, 0.2) is 22.9 Å². The third-order valence-electron chi connectivity index (χ3n) is 2.60. The van der Waals surface area contributed by atoms with Crippen molar-refractivity contribution >= 4 is 11.9 Å². The lowest BCUT2D eigenvalue weighted by Gasteiger charge is -2.14. The fraction of sp³-hybridized carbons (Fsp3) is 0.364. The van der Waals surface area contributed by atoms with E-state index in [1.54, 1.807) is 13.1 Å². The third-order valence-corrected chi connectivity index (χ3v) is 2.60. The van der Waals surface area contributed by atoms with E-state index < -0.39 is 10.9 Å². The molecular weight excluding hydrogens is 266 g/mol. The average Bonchev–Trinajstić information content (AvgIpc) is 2.98. The highest BCUT2D eigenvalue weighted by Crippen LogP contribution is 2.09. The van der Waals surface area contributed by atoms with Gasteiger partial charge in [-0.2, -0.15) is 4.68 Å². The zero-order valence-corrected chi connectivity index (χ0v) is 11.0. The molecule has 2 heterocycles. The lowest BCUT2D eigenvalue weighted by Crippen LogP contribution is -2.29. The first-order chi connectivity index (χ1) is 9.45. The van der Waals surface area contributed by atoms with Gasteiger partial charge in [0.25, 0.3) is 0 Å². The molecule has 20 heavy (non-hydrogen) atoms. The van der Waals surface area contributed by atoms with Gasteiger partial charge in [-0.15, -0.1) is 0 Å². The summed E-state index contributed by atoms with van der Waals surface area (Å²) in [6, 6.07) is 3.61. The van der Waals surface area contributed by atoms with Gasteiger partial charge in [0, 0.05) is 12.1 Å². The monoisotopic (exact) mass is 279 g/mol. The smallest absolute Gasteiger partial charge is 0.464 e. The summed E-state index contributed by atoms with van der Waals surface area (Å²) in [5.74, 6) is 0.664. The van der Waals surface area contributed by atoms with E-state index in [1.165, 1.54) is 4.90 Å². The molecule has 0 atom stereocenters. The van der Waals surface area contributed by atoms with Gasteiger partial charge in [0.15, 0.2) is 0 Å². The Labute approximate surface area is 114 Å². The van der Waals surface area contributed by atoms with Gasteiger partial charge in [-0.1, -0.05) is 4.98 Å². The van der Waals surface area contributed by atoms with Crippen LogP contribution in [0.3, 0.4) is 0 Å². The molecule has 0 aliphatic carbocycles. The highest BCUT2D eigenvalue weighted by molar-refractivity contribution is 5.75. The second-order valence-corrected chi connectivity index (χ2v) is 4.26. The second-order valence-electron chi connectivity index (χ2n) is 4.26. The van der Waals surface area contributed by atoms with Crippen LogP contribution in [0, 0.1) is 17.0 Å². The first-order valence-electron chi connectivity index (χ1n) is 5.79. The SMILES string of the molecule is Cc1ccc(CN(C)C(=O)Cn2cnc([N+](=O)[O-])n2)o1. The maximum absolute atomic E-state index is 11.9. The maximum atomic E-state index is 11.9. The van der Waals surface area contributed by atoms with Gasteiger partial charge in [-0.25, -0.2) is 0 Å². The van der Waals surface area contributed by atoms with Crippen LogP contribution < -0.4 is 0 Å². The molecule has 2 aromatic heterocycles. The van der Waals surface area contributed by atoms with Crippen molar-refractivity contribution in [3.8, 4) is 0 Å². The number of likely N-dealkylation sites (N-methyl/N-ethyl adjacent to an activating group) is 1. The topological polar surface area (TPSA) is 107 Å². The van der Waals surface area contributed by atoms with Crippen LogP contribution in [-0.4, -0.2) is 37.5 Å². The van der Waals surface area contributed by atoms with Crippen molar-refractivity contribution in [3.05, 3.63) is 40.1 Å². The zero-order valence-electron chi connectivity index (χ0n) is 11.0. The van der Waals surface area contributed by atoms with E-state index >= 15 is 0 Å². The van der Waals surface area contributed by atoms with Crippen molar-refractivity contribution in [2.75, 3.05) is 7.05 Å². The molecule has 0 aromatic carbocycles. The molecule has 2 aromatic rings. The number of aryl methyl sites for hydroxylation is 1. The Balaban J connectivity index is 1.94. The Morgan fingerprint density at radius 3 is 2.85 bits per heavy atom. The lowest BCUT2D eigenvalue weighted by molar-refractivity contribution is -0.394. The van der Waals surface area contributed by atoms with Crippen molar-refractivity contribution in [1.82, 2.24) is 19.7 Å². The van der Waals surface area contributed by atoms with Crippen molar-refractivity contribution in [2.45, 2.75) is 20.0 Å². The van der Waals surface area contributed by atoms with Gasteiger partial charge in [-0.3, -0.25) is 4.79 Å². The van der Waals surface area contributed by atoms with Crippen LogP contribution in [0.2, 0.25) is 0 Å². The molecule has 0 N–H and O–H groups in total. The summed E-state index contributed by atoms with van der Waals surface area (Å²) in [5, 5.41) is 14.0. The van der Waals surface area contributed by atoms with Crippen LogP contribution in [0.1, 0.15) is 11.5 Å². The molecule has 0 unspecified atom stereocenters. The van der Waals surface area contributed by atoms with Crippen LogP contribution >= 0.6 is 0 Å². The summed E-state index contributed by atoms with van der Waals surface area (Å²) < 4.78 is 6.50. The number of hydrogen-bond donors (Lipinski definition) is 0. The third kappa shape index (κ3) is 3.19. The van der Waals surface area contributed by atoms with Gasteiger partial charge in [0.1, 0.15) is 18.1 Å². The molecule has 0 saturated heterocycles. The number of amides is 1. The minimum Gasteiger partial charge on any atom is -0.464 e. The van der Waals surface area contributed by atoms with Crippen LogP contribution in [0.25, 0.3) is 0 Å². The molecule has 106 valence electrons. The number of nitrogens with zero attached hydrogens (tertiary/aromatic N) is 5.